The van der Waals surface area contributed by atoms with E-state index in [9.17, 15) is 23.9 Å². The number of hydrazine groups is 1. The fourth-order valence-corrected chi connectivity index (χ4v) is 10.1. The number of nitrogens with zero attached hydrogens (tertiary/aromatic N) is 2. The van der Waals surface area contributed by atoms with E-state index in [2.05, 4.69) is 5.43 Å². The van der Waals surface area contributed by atoms with Crippen LogP contribution in [0.5, 0.6) is 5.75 Å². The zero-order valence-corrected chi connectivity index (χ0v) is 29.1. The van der Waals surface area contributed by atoms with Crippen molar-refractivity contribution in [3.8, 4) is 5.75 Å². The number of phenols is 1. The number of aromatic hydroxyl groups is 1. The number of carbonyl (C=O) groups excluding carboxylic acids is 4. The summed E-state index contributed by atoms with van der Waals surface area (Å²) in [6.45, 7) is 0.171. The van der Waals surface area contributed by atoms with E-state index in [1.165, 1.54) is 40.5 Å². The zero-order valence-electron chi connectivity index (χ0n) is 27.5. The van der Waals surface area contributed by atoms with Crippen molar-refractivity contribution in [3.63, 3.8) is 0 Å². The van der Waals surface area contributed by atoms with E-state index in [0.29, 0.717) is 27.2 Å². The first-order valence-electron chi connectivity index (χ1n) is 17.1. The van der Waals surface area contributed by atoms with Crippen LogP contribution in [0.1, 0.15) is 34.8 Å². The summed E-state index contributed by atoms with van der Waals surface area (Å²) >= 11 is 7.86. The minimum absolute atomic E-state index is 0.0304. The lowest BCUT2D eigenvalue weighted by molar-refractivity contribution is -0.141. The maximum Gasteiger partial charge on any atom is 0.260 e. The van der Waals surface area contributed by atoms with Crippen LogP contribution in [-0.4, -0.2) is 38.6 Å². The molecule has 52 heavy (non-hydrogen) atoms. The molecular formula is C41H31ClFN3O5S. The summed E-state index contributed by atoms with van der Waals surface area (Å²) in [7, 11) is 0. The Kier molecular flexibility index (Phi) is 7.60. The number of thiophene rings is 1. The second-order valence-corrected chi connectivity index (χ2v) is 15.4. The van der Waals surface area contributed by atoms with Crippen molar-refractivity contribution in [3.05, 3.63) is 141 Å². The Bertz CT molecular complexity index is 2330. The summed E-state index contributed by atoms with van der Waals surface area (Å²) in [6.07, 6.45) is 2.35. The number of phenolic OH excluding ortho intramolecular Hbond substituents is 1. The number of amides is 4. The fourth-order valence-electron chi connectivity index (χ4n) is 9.28. The number of allylic oxidation sites excluding steroid dienone is 2. The molecule has 3 fully saturated rings. The van der Waals surface area contributed by atoms with E-state index in [0.717, 1.165) is 20.8 Å². The number of likely N-dealkylation sites (tertiary alicyclic amines) is 1. The van der Waals surface area contributed by atoms with Gasteiger partial charge in [-0.1, -0.05) is 77.8 Å². The van der Waals surface area contributed by atoms with Crippen LogP contribution in [0.15, 0.2) is 114 Å². The molecule has 2 saturated heterocycles. The molecule has 8 nitrogen and oxygen atoms in total. The van der Waals surface area contributed by atoms with Crippen LogP contribution in [-0.2, 0) is 31.1 Å². The third-order valence-corrected chi connectivity index (χ3v) is 12.6. The van der Waals surface area contributed by atoms with Gasteiger partial charge in [-0.25, -0.2) is 4.39 Å². The number of hydrogen-bond donors (Lipinski definition) is 2. The molecule has 4 amide bonds. The zero-order chi connectivity index (χ0) is 35.9. The average molecular weight is 732 g/mol. The predicted octanol–water partition coefficient (Wildman–Crippen LogP) is 7.58. The highest BCUT2D eigenvalue weighted by Crippen LogP contribution is 2.65. The van der Waals surface area contributed by atoms with E-state index in [1.807, 2.05) is 47.9 Å². The summed E-state index contributed by atoms with van der Waals surface area (Å²) in [4.78, 5) is 60.7. The summed E-state index contributed by atoms with van der Waals surface area (Å²) < 4.78 is 13.9. The Hall–Kier alpha value is -5.32. The lowest BCUT2D eigenvalue weighted by atomic mass is 9.49. The first-order chi connectivity index (χ1) is 25.2. The fraction of sp³-hybridized carbons (Fsp3) is 0.220. The number of nitrogens with one attached hydrogen (secondary N) is 1. The van der Waals surface area contributed by atoms with E-state index in [-0.39, 0.29) is 37.0 Å². The molecule has 0 unspecified atom stereocenters. The van der Waals surface area contributed by atoms with Crippen molar-refractivity contribution in [2.75, 3.05) is 5.43 Å². The van der Waals surface area contributed by atoms with Gasteiger partial charge in [-0.2, -0.15) is 5.01 Å². The molecule has 0 spiro atoms. The Morgan fingerprint density at radius 1 is 0.865 bits per heavy atom. The largest absolute Gasteiger partial charge is 0.507 e. The van der Waals surface area contributed by atoms with Crippen molar-refractivity contribution < 1.29 is 28.7 Å². The van der Waals surface area contributed by atoms with Gasteiger partial charge in [-0.3, -0.25) is 29.5 Å². The van der Waals surface area contributed by atoms with E-state index < -0.39 is 52.6 Å². The van der Waals surface area contributed by atoms with Gasteiger partial charge in [-0.15, -0.1) is 11.3 Å². The maximum absolute atomic E-state index is 15.3. The number of benzene rings is 4. The molecule has 0 radical (unpaired) electrons. The molecule has 4 aliphatic rings. The van der Waals surface area contributed by atoms with Crippen molar-refractivity contribution in [2.24, 2.45) is 23.7 Å². The Morgan fingerprint density at radius 3 is 2.38 bits per heavy atom. The van der Waals surface area contributed by atoms with Crippen LogP contribution < -0.4 is 5.43 Å². The molecule has 4 aromatic carbocycles. The monoisotopic (exact) mass is 731 g/mol. The molecule has 2 aliphatic carbocycles. The van der Waals surface area contributed by atoms with Gasteiger partial charge in [0.1, 0.15) is 11.6 Å². The maximum atomic E-state index is 15.3. The molecule has 5 aromatic rings. The molecular weight excluding hydrogens is 701 g/mol. The molecule has 2 N–H and O–H groups in total. The number of carbonyl (C=O) groups is 4. The number of imide groups is 2. The number of anilines is 1. The van der Waals surface area contributed by atoms with Gasteiger partial charge < -0.3 is 5.11 Å². The molecule has 260 valence electrons. The number of rotatable bonds is 6. The van der Waals surface area contributed by atoms with Gasteiger partial charge in [0, 0.05) is 26.8 Å². The summed E-state index contributed by atoms with van der Waals surface area (Å²) in [5.41, 5.74) is 3.39. The molecule has 2 aliphatic heterocycles. The minimum atomic E-state index is -1.59. The smallest absolute Gasteiger partial charge is 0.260 e. The van der Waals surface area contributed by atoms with Crippen molar-refractivity contribution in [1.29, 1.82) is 0 Å². The summed E-state index contributed by atoms with van der Waals surface area (Å²) in [5.74, 6) is -5.98. The highest BCUT2D eigenvalue weighted by atomic mass is 35.5. The van der Waals surface area contributed by atoms with Crippen molar-refractivity contribution in [1.82, 2.24) is 9.91 Å². The highest BCUT2D eigenvalue weighted by molar-refractivity contribution is 7.09. The highest BCUT2D eigenvalue weighted by Gasteiger charge is 2.70. The number of fused-ring (bicyclic) bond motifs is 5. The van der Waals surface area contributed by atoms with Gasteiger partial charge in [0.2, 0.25) is 11.8 Å². The lowest BCUT2D eigenvalue weighted by Gasteiger charge is -2.50. The second kappa shape index (κ2) is 12.1. The molecule has 0 bridgehead atoms. The van der Waals surface area contributed by atoms with Gasteiger partial charge in [0.05, 0.1) is 35.4 Å². The Labute approximate surface area is 307 Å². The van der Waals surface area contributed by atoms with E-state index in [4.69, 9.17) is 11.6 Å². The first-order valence-corrected chi connectivity index (χ1v) is 18.4. The van der Waals surface area contributed by atoms with E-state index in [1.54, 1.807) is 36.4 Å². The third kappa shape index (κ3) is 4.70. The molecule has 1 saturated carbocycles. The molecule has 9 rings (SSSR count). The van der Waals surface area contributed by atoms with Crippen LogP contribution in [0.2, 0.25) is 5.02 Å². The summed E-state index contributed by atoms with van der Waals surface area (Å²) in [6, 6.07) is 27.0. The molecule has 6 atom stereocenters. The molecule has 3 heterocycles. The topological polar surface area (TPSA) is 107 Å². The SMILES string of the molecule is O=C1[C@H]2[C@H](CC=C3[C@H]2C[C@H]2C(=O)N(Nc4ccc(F)cc4)C(=O)[C@@]2(c2ccc(Cl)cc2)[C@H]3c2ccc3ccccc3c2O)C(=O)N1Cc1cccs1. The van der Waals surface area contributed by atoms with E-state index >= 15 is 4.79 Å². The first kappa shape index (κ1) is 32.6. The van der Waals surface area contributed by atoms with Gasteiger partial charge in [0.15, 0.2) is 0 Å². The van der Waals surface area contributed by atoms with Crippen LogP contribution in [0.4, 0.5) is 10.1 Å². The van der Waals surface area contributed by atoms with Crippen molar-refractivity contribution in [2.45, 2.75) is 30.7 Å². The second-order valence-electron chi connectivity index (χ2n) is 13.9. The van der Waals surface area contributed by atoms with Crippen LogP contribution in [0.3, 0.4) is 0 Å². The summed E-state index contributed by atoms with van der Waals surface area (Å²) in [5, 5.41) is 16.8. The minimum Gasteiger partial charge on any atom is -0.507 e. The van der Waals surface area contributed by atoms with Gasteiger partial charge in [-0.05, 0) is 77.6 Å². The van der Waals surface area contributed by atoms with Gasteiger partial charge >= 0.3 is 0 Å². The van der Waals surface area contributed by atoms with Crippen LogP contribution >= 0.6 is 22.9 Å². The Balaban J connectivity index is 1.26. The van der Waals surface area contributed by atoms with Crippen molar-refractivity contribution >= 4 is 63.0 Å². The molecule has 11 heteroatoms. The average Bonchev–Trinajstić information content (AvgIpc) is 3.82. The van der Waals surface area contributed by atoms with Gasteiger partial charge in [0.25, 0.3) is 11.8 Å². The Morgan fingerprint density at radius 2 is 1.63 bits per heavy atom. The quantitative estimate of drug-likeness (QED) is 0.138. The van der Waals surface area contributed by atoms with Crippen LogP contribution in [0.25, 0.3) is 10.8 Å². The van der Waals surface area contributed by atoms with Crippen LogP contribution in [0, 0.1) is 29.5 Å². The predicted molar refractivity (Wildman–Crippen MR) is 195 cm³/mol. The number of halogens is 2. The number of hydrogen-bond acceptors (Lipinski definition) is 7. The molecule has 1 aromatic heterocycles. The third-order valence-electron chi connectivity index (χ3n) is 11.5. The standard InChI is InChI=1S/C41H31ClFN3O5S/c42-24-10-8-23(9-11-24)41-33(38(49)46(40(41)51)44-26-14-12-25(43)13-15-26)20-32-29(35(41)31-16-7-22-4-1-2-6-28(22)36(31)47)17-18-30-34(32)39(50)45(37(30)48)21-27-5-3-19-52-27/h1-17,19,30,32-35,44,47H,18,20-21H2/t30-,32+,33-,34-,35+,41+/m0/s1. The normalized spacial score (nSPS) is 26.7. The lowest BCUT2D eigenvalue weighted by Crippen LogP contribution is -2.53.